The van der Waals surface area contributed by atoms with Crippen LogP contribution in [-0.4, -0.2) is 37.4 Å². The number of fused-ring (bicyclic) bond motifs is 1. The van der Waals surface area contributed by atoms with Gasteiger partial charge in [-0.3, -0.25) is 9.59 Å². The first-order chi connectivity index (χ1) is 13.2. The fraction of sp³-hybridized carbons (Fsp3) is 0.333. The molecule has 1 N–H and O–H groups in total. The molecule has 0 aromatic heterocycles. The number of nitrogens with one attached hydrogen (secondary N) is 1. The summed E-state index contributed by atoms with van der Waals surface area (Å²) in [5, 5.41) is 2.96. The molecule has 0 saturated heterocycles. The Labute approximate surface area is 165 Å². The van der Waals surface area contributed by atoms with E-state index in [0.29, 0.717) is 13.0 Å². The molecule has 0 radical (unpaired) electrons. The van der Waals surface area contributed by atoms with E-state index < -0.39 is 15.9 Å². The highest BCUT2D eigenvalue weighted by Crippen LogP contribution is 2.24. The first-order valence-corrected chi connectivity index (χ1v) is 11.0. The molecule has 0 aliphatic carbocycles. The van der Waals surface area contributed by atoms with Crippen LogP contribution in [0.3, 0.4) is 0 Å². The van der Waals surface area contributed by atoms with Crippen LogP contribution in [0.4, 0.5) is 0 Å². The van der Waals surface area contributed by atoms with Crippen molar-refractivity contribution in [3.05, 3.63) is 65.2 Å². The van der Waals surface area contributed by atoms with Crippen LogP contribution in [0.2, 0.25) is 0 Å². The van der Waals surface area contributed by atoms with E-state index in [0.717, 1.165) is 22.9 Å². The molecule has 3 rings (SSSR count). The van der Waals surface area contributed by atoms with Crippen LogP contribution in [0.5, 0.6) is 0 Å². The molecule has 2 aromatic rings. The third-order valence-corrected chi connectivity index (χ3v) is 6.25. The first-order valence-electron chi connectivity index (χ1n) is 9.11. The summed E-state index contributed by atoms with van der Waals surface area (Å²) in [7, 11) is -3.26. The number of carbonyl (C=O) groups is 2. The van der Waals surface area contributed by atoms with Gasteiger partial charge in [-0.15, -0.1) is 0 Å². The second-order valence-corrected chi connectivity index (χ2v) is 9.22. The van der Waals surface area contributed by atoms with Gasteiger partial charge in [-0.1, -0.05) is 36.4 Å². The van der Waals surface area contributed by atoms with Crippen molar-refractivity contribution >= 4 is 21.7 Å². The lowest BCUT2D eigenvalue weighted by Gasteiger charge is -2.36. The van der Waals surface area contributed by atoms with Crippen molar-refractivity contribution in [3.8, 4) is 0 Å². The van der Waals surface area contributed by atoms with Gasteiger partial charge in [0.25, 0.3) is 0 Å². The predicted octanol–water partition coefficient (Wildman–Crippen LogP) is 2.24. The van der Waals surface area contributed by atoms with E-state index in [-0.39, 0.29) is 22.8 Å². The van der Waals surface area contributed by atoms with Crippen LogP contribution in [0.15, 0.2) is 53.4 Å². The fourth-order valence-electron chi connectivity index (χ4n) is 3.48. The molecule has 2 amide bonds. The zero-order chi connectivity index (χ0) is 20.5. The summed E-state index contributed by atoms with van der Waals surface area (Å²) < 4.78 is 23.2. The van der Waals surface area contributed by atoms with Crippen molar-refractivity contribution < 1.29 is 18.0 Å². The molecule has 1 aliphatic rings. The number of sulfone groups is 1. The molecule has 28 heavy (non-hydrogen) atoms. The summed E-state index contributed by atoms with van der Waals surface area (Å²) in [6, 6.07) is 13.4. The Morgan fingerprint density at radius 1 is 1.07 bits per heavy atom. The second-order valence-electron chi connectivity index (χ2n) is 7.21. The maximum atomic E-state index is 12.9. The molecule has 2 atom stereocenters. The van der Waals surface area contributed by atoms with Gasteiger partial charge in [-0.25, -0.2) is 8.42 Å². The normalized spacial score (nSPS) is 17.5. The Morgan fingerprint density at radius 2 is 1.68 bits per heavy atom. The molecular formula is C21H24N2O4S. The summed E-state index contributed by atoms with van der Waals surface area (Å²) in [5.41, 5.74) is 2.93. The predicted molar refractivity (Wildman–Crippen MR) is 106 cm³/mol. The van der Waals surface area contributed by atoms with E-state index in [1.807, 2.05) is 31.2 Å². The van der Waals surface area contributed by atoms with Gasteiger partial charge in [0.05, 0.1) is 10.9 Å². The van der Waals surface area contributed by atoms with E-state index >= 15 is 0 Å². The molecule has 1 heterocycles. The largest absolute Gasteiger partial charge is 0.348 e. The monoisotopic (exact) mass is 400 g/mol. The van der Waals surface area contributed by atoms with Gasteiger partial charge in [-0.2, -0.15) is 0 Å². The average molecular weight is 401 g/mol. The summed E-state index contributed by atoms with van der Waals surface area (Å²) in [5.74, 6) is -0.357. The van der Waals surface area contributed by atoms with Gasteiger partial charge < -0.3 is 10.2 Å². The van der Waals surface area contributed by atoms with Gasteiger partial charge in [0.1, 0.15) is 6.04 Å². The summed E-state index contributed by atoms with van der Waals surface area (Å²) in [6.07, 6.45) is 1.63. The zero-order valence-corrected chi connectivity index (χ0v) is 17.0. The molecule has 2 aromatic carbocycles. The van der Waals surface area contributed by atoms with Crippen LogP contribution >= 0.6 is 0 Å². The molecular weight excluding hydrogens is 376 g/mol. The van der Waals surface area contributed by atoms with Crippen molar-refractivity contribution in [2.24, 2.45) is 0 Å². The maximum Gasteiger partial charge on any atom is 0.243 e. The minimum atomic E-state index is -3.26. The van der Waals surface area contributed by atoms with Gasteiger partial charge in [-0.05, 0) is 35.7 Å². The Balaban J connectivity index is 1.76. The zero-order valence-electron chi connectivity index (χ0n) is 16.2. The molecule has 0 bridgehead atoms. The van der Waals surface area contributed by atoms with E-state index in [1.165, 1.54) is 19.1 Å². The fourth-order valence-corrected chi connectivity index (χ4v) is 4.12. The number of hydrogen-bond donors (Lipinski definition) is 1. The summed E-state index contributed by atoms with van der Waals surface area (Å²) in [6.45, 7) is 3.73. The van der Waals surface area contributed by atoms with Gasteiger partial charge in [0, 0.05) is 26.1 Å². The molecule has 1 aliphatic heterocycles. The van der Waals surface area contributed by atoms with Crippen molar-refractivity contribution in [3.63, 3.8) is 0 Å². The van der Waals surface area contributed by atoms with Crippen LogP contribution in [-0.2, 0) is 32.4 Å². The Hall–Kier alpha value is -2.67. The Kier molecular flexibility index (Phi) is 5.56. The van der Waals surface area contributed by atoms with Crippen molar-refractivity contribution in [2.75, 3.05) is 6.26 Å². The third-order valence-electron chi connectivity index (χ3n) is 5.12. The summed E-state index contributed by atoms with van der Waals surface area (Å²) in [4.78, 5) is 26.9. The molecule has 7 heteroatoms. The molecule has 6 nitrogen and oxygen atoms in total. The lowest BCUT2D eigenvalue weighted by molar-refractivity contribution is -0.140. The van der Waals surface area contributed by atoms with E-state index in [1.54, 1.807) is 17.0 Å². The second kappa shape index (κ2) is 7.75. The smallest absolute Gasteiger partial charge is 0.243 e. The highest BCUT2D eigenvalue weighted by Gasteiger charge is 2.33. The van der Waals surface area contributed by atoms with Crippen LogP contribution < -0.4 is 5.32 Å². The molecule has 0 fully saturated rings. The maximum absolute atomic E-state index is 12.9. The third kappa shape index (κ3) is 4.25. The number of nitrogens with zero attached hydrogens (tertiary/aromatic N) is 1. The number of benzene rings is 2. The SMILES string of the molecule is CC(=O)N1Cc2ccccc2C[C@H]1C(=O)N[C@@H](C)c1ccc(S(C)(=O)=O)cc1. The standard InChI is InChI=1S/C21H24N2O4S/c1-14(16-8-10-19(11-9-16)28(3,26)27)22-21(25)20-12-17-6-4-5-7-18(17)13-23(20)15(2)24/h4-11,14,20H,12-13H2,1-3H3,(H,22,25)/t14-,20-/m0/s1. The number of carbonyl (C=O) groups excluding carboxylic acids is 2. The molecule has 148 valence electrons. The Morgan fingerprint density at radius 3 is 2.25 bits per heavy atom. The minimum Gasteiger partial charge on any atom is -0.348 e. The van der Waals surface area contributed by atoms with Gasteiger partial charge in [0.2, 0.25) is 11.8 Å². The van der Waals surface area contributed by atoms with Crippen molar-refractivity contribution in [2.45, 2.75) is 43.8 Å². The van der Waals surface area contributed by atoms with E-state index in [2.05, 4.69) is 5.32 Å². The minimum absolute atomic E-state index is 0.139. The summed E-state index contributed by atoms with van der Waals surface area (Å²) >= 11 is 0. The molecule has 0 spiro atoms. The molecule has 0 unspecified atom stereocenters. The van der Waals surface area contributed by atoms with Gasteiger partial charge >= 0.3 is 0 Å². The topological polar surface area (TPSA) is 83.6 Å². The van der Waals surface area contributed by atoms with E-state index in [9.17, 15) is 18.0 Å². The van der Waals surface area contributed by atoms with Gasteiger partial charge in [0.15, 0.2) is 9.84 Å². The first kappa shape index (κ1) is 20.1. The molecule has 0 saturated carbocycles. The lowest BCUT2D eigenvalue weighted by Crippen LogP contribution is -2.52. The quantitative estimate of drug-likeness (QED) is 0.853. The van der Waals surface area contributed by atoms with Crippen molar-refractivity contribution in [1.29, 1.82) is 0 Å². The van der Waals surface area contributed by atoms with E-state index in [4.69, 9.17) is 0 Å². The highest BCUT2D eigenvalue weighted by atomic mass is 32.2. The number of rotatable bonds is 4. The number of hydrogen-bond acceptors (Lipinski definition) is 4. The lowest BCUT2D eigenvalue weighted by atomic mass is 9.93. The van der Waals surface area contributed by atoms with Crippen LogP contribution in [0, 0.1) is 0 Å². The average Bonchev–Trinajstić information content (AvgIpc) is 2.66. The highest BCUT2D eigenvalue weighted by molar-refractivity contribution is 7.90. The number of amides is 2. The Bertz CT molecular complexity index is 999. The van der Waals surface area contributed by atoms with Crippen molar-refractivity contribution in [1.82, 2.24) is 10.2 Å². The van der Waals surface area contributed by atoms with Crippen LogP contribution in [0.1, 0.15) is 36.6 Å². The van der Waals surface area contributed by atoms with Crippen LogP contribution in [0.25, 0.3) is 0 Å².